The minimum Gasteiger partial charge on any atom is -0.487 e. The Bertz CT molecular complexity index is 461. The lowest BCUT2D eigenvalue weighted by molar-refractivity contribution is -0.384. The normalized spacial score (nSPS) is 14.1. The fourth-order valence-electron chi connectivity index (χ4n) is 2.03. The van der Waals surface area contributed by atoms with Gasteiger partial charge in [-0.15, -0.1) is 0 Å². The van der Waals surface area contributed by atoms with Crippen LogP contribution in [0.15, 0.2) is 18.2 Å². The third-order valence-corrected chi connectivity index (χ3v) is 3.16. The van der Waals surface area contributed by atoms with Gasteiger partial charge in [0.15, 0.2) is 5.75 Å². The van der Waals surface area contributed by atoms with Crippen LogP contribution in [0.2, 0.25) is 0 Å². The van der Waals surface area contributed by atoms with Gasteiger partial charge >= 0.3 is 5.69 Å². The molecule has 2 N–H and O–H groups in total. The number of nitro benzene ring substituents is 1. The summed E-state index contributed by atoms with van der Waals surface area (Å²) in [5, 5.41) is 17.7. The van der Waals surface area contributed by atoms with Crippen molar-refractivity contribution in [2.24, 2.45) is 0 Å². The van der Waals surface area contributed by atoms with Crippen LogP contribution in [0.4, 0.5) is 11.4 Å². The highest BCUT2D eigenvalue weighted by Crippen LogP contribution is 2.34. The Morgan fingerprint density at radius 1 is 1.40 bits per heavy atom. The largest absolute Gasteiger partial charge is 0.487 e. The highest BCUT2D eigenvalue weighted by Gasteiger charge is 2.21. The molecule has 1 fully saturated rings. The molecule has 1 aromatic carbocycles. The van der Waals surface area contributed by atoms with Gasteiger partial charge in [0, 0.05) is 12.6 Å². The zero-order valence-corrected chi connectivity index (χ0v) is 11.7. The van der Waals surface area contributed by atoms with Crippen LogP contribution in [-0.4, -0.2) is 30.7 Å². The molecule has 1 aromatic rings. The monoisotopic (exact) mass is 279 g/mol. The Hall–Kier alpha value is -1.82. The molecule has 0 amide bonds. The summed E-state index contributed by atoms with van der Waals surface area (Å²) in [4.78, 5) is 10.8. The van der Waals surface area contributed by atoms with E-state index in [9.17, 15) is 10.1 Å². The lowest BCUT2D eigenvalue weighted by Crippen LogP contribution is -2.20. The van der Waals surface area contributed by atoms with Crippen LogP contribution in [0.1, 0.15) is 26.2 Å². The summed E-state index contributed by atoms with van der Waals surface area (Å²) in [7, 11) is 0. The van der Waals surface area contributed by atoms with Gasteiger partial charge in [0.25, 0.3) is 0 Å². The van der Waals surface area contributed by atoms with E-state index in [1.165, 1.54) is 12.8 Å². The average Bonchev–Trinajstić information content (AvgIpc) is 3.22. The molecule has 1 saturated carbocycles. The van der Waals surface area contributed by atoms with Gasteiger partial charge in [-0.2, -0.15) is 0 Å². The van der Waals surface area contributed by atoms with E-state index in [4.69, 9.17) is 4.74 Å². The van der Waals surface area contributed by atoms with E-state index in [2.05, 4.69) is 10.6 Å². The van der Waals surface area contributed by atoms with Crippen molar-refractivity contribution in [1.29, 1.82) is 0 Å². The first-order chi connectivity index (χ1) is 9.72. The smallest absolute Gasteiger partial charge is 0.333 e. The predicted octanol–water partition coefficient (Wildman–Crippen LogP) is 2.55. The molecule has 0 radical (unpaired) electrons. The zero-order valence-electron chi connectivity index (χ0n) is 11.7. The summed E-state index contributed by atoms with van der Waals surface area (Å²) < 4.78 is 5.31. The number of nitrogens with zero attached hydrogens (tertiary/aromatic N) is 1. The van der Waals surface area contributed by atoms with Gasteiger partial charge < -0.3 is 15.4 Å². The molecule has 0 spiro atoms. The van der Waals surface area contributed by atoms with E-state index in [0.717, 1.165) is 13.0 Å². The van der Waals surface area contributed by atoms with Crippen LogP contribution in [0.3, 0.4) is 0 Å². The summed E-state index contributed by atoms with van der Waals surface area (Å²) in [6.45, 7) is 3.87. The lowest BCUT2D eigenvalue weighted by atomic mass is 10.2. The van der Waals surface area contributed by atoms with Crippen LogP contribution in [-0.2, 0) is 0 Å². The van der Waals surface area contributed by atoms with Gasteiger partial charge in [-0.05, 0) is 44.9 Å². The van der Waals surface area contributed by atoms with Crippen molar-refractivity contribution in [2.45, 2.75) is 32.2 Å². The lowest BCUT2D eigenvalue weighted by Gasteiger charge is -2.10. The third kappa shape index (κ3) is 4.09. The van der Waals surface area contributed by atoms with Crippen LogP contribution in [0.25, 0.3) is 0 Å². The fourth-order valence-corrected chi connectivity index (χ4v) is 2.03. The Labute approximate surface area is 118 Å². The number of benzene rings is 1. The SMILES string of the molecule is CCOc1cccc(NCCCNC2CC2)c1[N+](=O)[O-]. The number of hydrogen-bond acceptors (Lipinski definition) is 5. The Kier molecular flexibility index (Phi) is 5.17. The minimum atomic E-state index is -0.393. The zero-order chi connectivity index (χ0) is 14.4. The number of nitro groups is 1. The maximum atomic E-state index is 11.2. The van der Waals surface area contributed by atoms with Gasteiger partial charge in [0.2, 0.25) is 0 Å². The van der Waals surface area contributed by atoms with Crippen molar-refractivity contribution >= 4 is 11.4 Å². The topological polar surface area (TPSA) is 76.4 Å². The van der Waals surface area contributed by atoms with Crippen molar-refractivity contribution in [3.63, 3.8) is 0 Å². The maximum Gasteiger partial charge on any atom is 0.333 e. The number of rotatable bonds is 9. The summed E-state index contributed by atoms with van der Waals surface area (Å²) >= 11 is 0. The molecule has 0 aliphatic heterocycles. The molecule has 6 heteroatoms. The number of ether oxygens (including phenoxy) is 1. The van der Waals surface area contributed by atoms with Crippen molar-refractivity contribution in [2.75, 3.05) is 25.0 Å². The fraction of sp³-hybridized carbons (Fsp3) is 0.571. The summed E-state index contributed by atoms with van der Waals surface area (Å²) in [5.41, 5.74) is 0.539. The summed E-state index contributed by atoms with van der Waals surface area (Å²) in [6.07, 6.45) is 3.48. The van der Waals surface area contributed by atoms with Crippen molar-refractivity contribution < 1.29 is 9.66 Å². The van der Waals surface area contributed by atoms with E-state index in [0.29, 0.717) is 30.6 Å². The van der Waals surface area contributed by atoms with E-state index < -0.39 is 4.92 Å². The van der Waals surface area contributed by atoms with Crippen molar-refractivity contribution in [3.05, 3.63) is 28.3 Å². The van der Waals surface area contributed by atoms with E-state index in [-0.39, 0.29) is 5.69 Å². The molecule has 6 nitrogen and oxygen atoms in total. The van der Waals surface area contributed by atoms with Gasteiger partial charge in [0.1, 0.15) is 5.69 Å². The number of anilines is 1. The Balaban J connectivity index is 1.91. The molecule has 0 saturated heterocycles. The van der Waals surface area contributed by atoms with Crippen LogP contribution < -0.4 is 15.4 Å². The standard InChI is InChI=1S/C14H21N3O3/c1-2-20-13-6-3-5-12(14(13)17(18)19)16-10-4-9-15-11-7-8-11/h3,5-6,11,15-16H,2,4,7-10H2,1H3. The van der Waals surface area contributed by atoms with Crippen molar-refractivity contribution in [1.82, 2.24) is 5.32 Å². The first kappa shape index (κ1) is 14.6. The van der Waals surface area contributed by atoms with Gasteiger partial charge in [-0.1, -0.05) is 6.07 Å². The molecule has 2 rings (SSSR count). The summed E-state index contributed by atoms with van der Waals surface area (Å²) in [6, 6.07) is 5.81. The molecule has 110 valence electrons. The second-order valence-electron chi connectivity index (χ2n) is 4.85. The molecular formula is C14H21N3O3. The second kappa shape index (κ2) is 7.09. The van der Waals surface area contributed by atoms with Crippen molar-refractivity contribution in [3.8, 4) is 5.75 Å². The Morgan fingerprint density at radius 2 is 2.20 bits per heavy atom. The highest BCUT2D eigenvalue weighted by molar-refractivity contribution is 5.68. The molecule has 0 heterocycles. The minimum absolute atomic E-state index is 0.0181. The van der Waals surface area contributed by atoms with Gasteiger partial charge in [-0.25, -0.2) is 0 Å². The average molecular weight is 279 g/mol. The molecular weight excluding hydrogens is 258 g/mol. The first-order valence-corrected chi connectivity index (χ1v) is 7.09. The first-order valence-electron chi connectivity index (χ1n) is 7.09. The summed E-state index contributed by atoms with van der Waals surface area (Å²) in [5.74, 6) is 0.318. The van der Waals surface area contributed by atoms with E-state index >= 15 is 0 Å². The molecule has 1 aliphatic carbocycles. The third-order valence-electron chi connectivity index (χ3n) is 3.16. The maximum absolute atomic E-state index is 11.2. The molecule has 0 aromatic heterocycles. The molecule has 1 aliphatic rings. The van der Waals surface area contributed by atoms with E-state index in [1.807, 2.05) is 6.92 Å². The van der Waals surface area contributed by atoms with Crippen LogP contribution in [0.5, 0.6) is 5.75 Å². The number of para-hydroxylation sites is 1. The molecule has 0 unspecified atom stereocenters. The van der Waals surface area contributed by atoms with Crippen LogP contribution in [0, 0.1) is 10.1 Å². The Morgan fingerprint density at radius 3 is 2.85 bits per heavy atom. The molecule has 20 heavy (non-hydrogen) atoms. The second-order valence-corrected chi connectivity index (χ2v) is 4.85. The number of hydrogen-bond donors (Lipinski definition) is 2. The molecule has 0 bridgehead atoms. The number of nitrogens with one attached hydrogen (secondary N) is 2. The quantitative estimate of drug-likeness (QED) is 0.413. The van der Waals surface area contributed by atoms with Gasteiger partial charge in [0.05, 0.1) is 11.5 Å². The van der Waals surface area contributed by atoms with Crippen LogP contribution >= 0.6 is 0 Å². The predicted molar refractivity (Wildman–Crippen MR) is 78.4 cm³/mol. The van der Waals surface area contributed by atoms with Gasteiger partial charge in [-0.3, -0.25) is 10.1 Å². The molecule has 0 atom stereocenters. The van der Waals surface area contributed by atoms with E-state index in [1.54, 1.807) is 18.2 Å². The highest BCUT2D eigenvalue weighted by atomic mass is 16.6.